The lowest BCUT2D eigenvalue weighted by atomic mass is 10.1. The zero-order valence-electron chi connectivity index (χ0n) is 15.3. The Labute approximate surface area is 154 Å². The van der Waals surface area contributed by atoms with E-state index < -0.39 is 0 Å². The second-order valence-electron chi connectivity index (χ2n) is 7.10. The van der Waals surface area contributed by atoms with Gasteiger partial charge >= 0.3 is 6.03 Å². The number of carbonyl (C=O) groups is 1. The molecule has 2 fully saturated rings. The highest BCUT2D eigenvalue weighted by Crippen LogP contribution is 2.44. The molecule has 26 heavy (non-hydrogen) atoms. The van der Waals surface area contributed by atoms with E-state index in [2.05, 4.69) is 5.32 Å². The molecule has 0 radical (unpaired) electrons. The van der Waals surface area contributed by atoms with E-state index in [1.54, 1.807) is 18.2 Å². The van der Waals surface area contributed by atoms with E-state index in [1.807, 2.05) is 30.9 Å². The molecule has 3 N–H and O–H groups in total. The van der Waals surface area contributed by atoms with Gasteiger partial charge in [0.15, 0.2) is 0 Å². The highest BCUT2D eigenvalue weighted by Gasteiger charge is 2.46. The molecular formula is C21H26FN3O. The first-order valence-corrected chi connectivity index (χ1v) is 9.14. The maximum atomic E-state index is 13.0. The Bertz CT molecular complexity index is 754. The fourth-order valence-corrected chi connectivity index (χ4v) is 3.32. The third-order valence-electron chi connectivity index (χ3n) is 5.04. The van der Waals surface area contributed by atoms with Crippen molar-refractivity contribution in [3.8, 4) is 0 Å². The SMILES string of the molecule is CC/C=C(NC(=O)N1CC2CC2C1)/C(N)=C\C=C(/C)c1ccc(F)cc1. The van der Waals surface area contributed by atoms with Crippen LogP contribution in [0.25, 0.3) is 5.57 Å². The molecule has 1 saturated heterocycles. The molecule has 1 aromatic carbocycles. The number of fused-ring (bicyclic) bond motifs is 1. The fourth-order valence-electron chi connectivity index (χ4n) is 3.32. The number of allylic oxidation sites excluding steroid dienone is 4. The van der Waals surface area contributed by atoms with E-state index >= 15 is 0 Å². The van der Waals surface area contributed by atoms with Crippen LogP contribution in [0.15, 0.2) is 53.9 Å². The number of nitrogens with one attached hydrogen (secondary N) is 1. The molecule has 3 rings (SSSR count). The zero-order chi connectivity index (χ0) is 18.7. The van der Waals surface area contributed by atoms with Crippen LogP contribution >= 0.6 is 0 Å². The summed E-state index contributed by atoms with van der Waals surface area (Å²) in [5.41, 5.74) is 9.23. The molecule has 138 valence electrons. The highest BCUT2D eigenvalue weighted by molar-refractivity contribution is 5.77. The van der Waals surface area contributed by atoms with Crippen LogP contribution in [0.4, 0.5) is 9.18 Å². The molecule has 1 aliphatic carbocycles. The van der Waals surface area contributed by atoms with Gasteiger partial charge in [0.05, 0.1) is 11.4 Å². The molecule has 1 aliphatic heterocycles. The molecule has 0 aromatic heterocycles. The Morgan fingerprint density at radius 1 is 1.27 bits per heavy atom. The lowest BCUT2D eigenvalue weighted by molar-refractivity contribution is 0.206. The van der Waals surface area contributed by atoms with Gasteiger partial charge in [-0.25, -0.2) is 9.18 Å². The summed E-state index contributed by atoms with van der Waals surface area (Å²) in [6, 6.07) is 6.25. The van der Waals surface area contributed by atoms with E-state index in [-0.39, 0.29) is 11.8 Å². The molecule has 4 nitrogen and oxygen atoms in total. The Morgan fingerprint density at radius 2 is 1.92 bits per heavy atom. The number of piperidine rings is 1. The van der Waals surface area contributed by atoms with Crippen LogP contribution in [0.2, 0.25) is 0 Å². The summed E-state index contributed by atoms with van der Waals surface area (Å²) in [6.07, 6.45) is 7.61. The second kappa shape index (κ2) is 7.77. The van der Waals surface area contributed by atoms with Crippen molar-refractivity contribution in [2.75, 3.05) is 13.1 Å². The third kappa shape index (κ3) is 4.34. The number of halogens is 1. The van der Waals surface area contributed by atoms with Crippen molar-refractivity contribution in [2.24, 2.45) is 17.6 Å². The molecule has 2 amide bonds. The largest absolute Gasteiger partial charge is 0.397 e. The lowest BCUT2D eigenvalue weighted by Crippen LogP contribution is -2.40. The van der Waals surface area contributed by atoms with Gasteiger partial charge < -0.3 is 16.0 Å². The van der Waals surface area contributed by atoms with Crippen molar-refractivity contribution >= 4 is 11.6 Å². The topological polar surface area (TPSA) is 58.4 Å². The van der Waals surface area contributed by atoms with Crippen LogP contribution in [0, 0.1) is 17.7 Å². The number of amides is 2. The first kappa shape index (κ1) is 18.2. The maximum Gasteiger partial charge on any atom is 0.321 e. The van der Waals surface area contributed by atoms with E-state index in [0.29, 0.717) is 23.2 Å². The molecule has 2 unspecified atom stereocenters. The lowest BCUT2D eigenvalue weighted by Gasteiger charge is -2.20. The predicted octanol–water partition coefficient (Wildman–Crippen LogP) is 4.03. The summed E-state index contributed by atoms with van der Waals surface area (Å²) < 4.78 is 13.0. The Hall–Kier alpha value is -2.56. The molecule has 0 spiro atoms. The third-order valence-corrected chi connectivity index (χ3v) is 5.04. The average molecular weight is 355 g/mol. The minimum Gasteiger partial charge on any atom is -0.397 e. The summed E-state index contributed by atoms with van der Waals surface area (Å²) in [7, 11) is 0. The smallest absolute Gasteiger partial charge is 0.321 e. The monoisotopic (exact) mass is 355 g/mol. The molecule has 5 heteroatoms. The number of urea groups is 1. The van der Waals surface area contributed by atoms with Gasteiger partial charge in [0.2, 0.25) is 0 Å². The minimum atomic E-state index is -0.257. The van der Waals surface area contributed by atoms with Gasteiger partial charge in [-0.3, -0.25) is 0 Å². The van der Waals surface area contributed by atoms with Crippen LogP contribution < -0.4 is 11.1 Å². The molecular weight excluding hydrogens is 329 g/mol. The van der Waals surface area contributed by atoms with E-state index in [4.69, 9.17) is 5.73 Å². The predicted molar refractivity (Wildman–Crippen MR) is 102 cm³/mol. The summed E-state index contributed by atoms with van der Waals surface area (Å²) in [6.45, 7) is 5.64. The van der Waals surface area contributed by atoms with Gasteiger partial charge in [-0.15, -0.1) is 0 Å². The van der Waals surface area contributed by atoms with Crippen molar-refractivity contribution < 1.29 is 9.18 Å². The average Bonchev–Trinajstić information content (AvgIpc) is 3.24. The van der Waals surface area contributed by atoms with Crippen LogP contribution in [0.1, 0.15) is 32.3 Å². The van der Waals surface area contributed by atoms with E-state index in [0.717, 1.165) is 30.6 Å². The number of likely N-dealkylation sites (tertiary alicyclic amines) is 1. The molecule has 1 aromatic rings. The Balaban J connectivity index is 1.67. The van der Waals surface area contributed by atoms with Gasteiger partial charge in [-0.2, -0.15) is 0 Å². The molecule has 2 atom stereocenters. The van der Waals surface area contributed by atoms with Gasteiger partial charge in [-0.05, 0) is 60.9 Å². The number of hydrogen-bond acceptors (Lipinski definition) is 2. The van der Waals surface area contributed by atoms with Crippen molar-refractivity contribution in [1.82, 2.24) is 10.2 Å². The van der Waals surface area contributed by atoms with Crippen LogP contribution in [0.3, 0.4) is 0 Å². The summed E-state index contributed by atoms with van der Waals surface area (Å²) in [5.74, 6) is 1.15. The zero-order valence-corrected chi connectivity index (χ0v) is 15.3. The van der Waals surface area contributed by atoms with E-state index in [9.17, 15) is 9.18 Å². The normalized spacial score (nSPS) is 23.0. The highest BCUT2D eigenvalue weighted by atomic mass is 19.1. The van der Waals surface area contributed by atoms with Crippen LogP contribution in [0.5, 0.6) is 0 Å². The van der Waals surface area contributed by atoms with Crippen LogP contribution in [-0.4, -0.2) is 24.0 Å². The second-order valence-corrected chi connectivity index (χ2v) is 7.10. The maximum absolute atomic E-state index is 13.0. The number of nitrogens with zero attached hydrogens (tertiary/aromatic N) is 1. The van der Waals surface area contributed by atoms with Gasteiger partial charge in [-0.1, -0.05) is 31.2 Å². The van der Waals surface area contributed by atoms with E-state index in [1.165, 1.54) is 18.6 Å². The minimum absolute atomic E-state index is 0.0764. The summed E-state index contributed by atoms with van der Waals surface area (Å²) in [4.78, 5) is 14.3. The van der Waals surface area contributed by atoms with Gasteiger partial charge in [0, 0.05) is 13.1 Å². The van der Waals surface area contributed by atoms with Gasteiger partial charge in [0.1, 0.15) is 5.82 Å². The van der Waals surface area contributed by atoms with Crippen molar-refractivity contribution in [2.45, 2.75) is 26.7 Å². The molecule has 1 heterocycles. The number of rotatable bonds is 5. The van der Waals surface area contributed by atoms with Gasteiger partial charge in [0.25, 0.3) is 0 Å². The fraction of sp³-hybridized carbons (Fsp3) is 0.381. The standard InChI is InChI=1S/C21H26FN3O/c1-3-4-20(24-21(26)25-12-16-11-17(16)13-25)19(23)10-5-14(2)15-6-8-18(22)9-7-15/h4-10,16-17H,3,11-13,23H2,1-2H3,(H,24,26)/b14-5+,19-10+,20-4-. The molecule has 2 aliphatic rings. The number of hydrogen-bond donors (Lipinski definition) is 2. The number of benzene rings is 1. The molecule has 0 bridgehead atoms. The van der Waals surface area contributed by atoms with Crippen molar-refractivity contribution in [3.05, 3.63) is 65.3 Å². The van der Waals surface area contributed by atoms with Crippen molar-refractivity contribution in [3.63, 3.8) is 0 Å². The first-order valence-electron chi connectivity index (χ1n) is 9.14. The Morgan fingerprint density at radius 3 is 2.54 bits per heavy atom. The number of carbonyl (C=O) groups excluding carboxylic acids is 1. The first-order chi connectivity index (χ1) is 12.5. The summed E-state index contributed by atoms with van der Waals surface area (Å²) >= 11 is 0. The number of nitrogens with two attached hydrogens (primary N) is 1. The summed E-state index contributed by atoms with van der Waals surface area (Å²) in [5, 5.41) is 2.95. The van der Waals surface area contributed by atoms with Crippen molar-refractivity contribution in [1.29, 1.82) is 0 Å². The molecule has 1 saturated carbocycles. The van der Waals surface area contributed by atoms with Crippen LogP contribution in [-0.2, 0) is 0 Å². The Kier molecular flexibility index (Phi) is 5.45. The quantitative estimate of drug-likeness (QED) is 0.784.